The van der Waals surface area contributed by atoms with Crippen LogP contribution in [0.4, 0.5) is 0 Å². The fourth-order valence-corrected chi connectivity index (χ4v) is 2.66. The molecule has 11 heavy (non-hydrogen) atoms. The van der Waals surface area contributed by atoms with E-state index in [1.165, 1.54) is 0 Å². The summed E-state index contributed by atoms with van der Waals surface area (Å²) >= 11 is 4.88. The molecule has 0 N–H and O–H groups in total. The zero-order valence-electron chi connectivity index (χ0n) is 6.80. The molecule has 4 heteroatoms. The average Bonchev–Trinajstić information content (AvgIpc) is 1.85. The maximum absolute atomic E-state index is 5.77. The molecule has 0 aliphatic heterocycles. The Bertz CT molecular complexity index is 242. The Morgan fingerprint density at radius 1 is 1.36 bits per heavy atom. The summed E-state index contributed by atoms with van der Waals surface area (Å²) in [6.45, 7) is 1.87. The number of nitrogens with zero attached hydrogens (tertiary/aromatic N) is 2. The van der Waals surface area contributed by atoms with Crippen LogP contribution >= 0.6 is 11.6 Å². The summed E-state index contributed by atoms with van der Waals surface area (Å²) < 4.78 is 1.15. The summed E-state index contributed by atoms with van der Waals surface area (Å²) in [5.74, 6) is 0.774. The predicted octanol–water partition coefficient (Wildman–Crippen LogP) is 1.40. The van der Waals surface area contributed by atoms with Gasteiger partial charge < -0.3 is 0 Å². The van der Waals surface area contributed by atoms with Gasteiger partial charge in [-0.2, -0.15) is 0 Å². The molecule has 1 heterocycles. The first-order valence-electron chi connectivity index (χ1n) is 3.28. The standard InChI is InChI=1S/C7H10AsClN2/c1-5-10-6(8(2)3)4-7(9)11-5/h4H,1-3H3. The van der Waals surface area contributed by atoms with Gasteiger partial charge in [-0.15, -0.1) is 0 Å². The SMILES string of the molecule is Cc1nc(Cl)cc([As](C)C)n1. The molecule has 0 bridgehead atoms. The molecule has 0 radical (unpaired) electrons. The van der Waals surface area contributed by atoms with Crippen molar-refractivity contribution in [3.63, 3.8) is 0 Å². The van der Waals surface area contributed by atoms with Crippen molar-refractivity contribution in [3.05, 3.63) is 17.0 Å². The number of hydrogen-bond acceptors (Lipinski definition) is 2. The van der Waals surface area contributed by atoms with Crippen molar-refractivity contribution in [1.82, 2.24) is 9.97 Å². The second-order valence-electron chi connectivity index (χ2n) is 2.49. The van der Waals surface area contributed by atoms with E-state index in [1.54, 1.807) is 0 Å². The Kier molecular flexibility index (Phi) is 2.91. The van der Waals surface area contributed by atoms with E-state index in [2.05, 4.69) is 21.4 Å². The van der Waals surface area contributed by atoms with Crippen molar-refractivity contribution in [2.75, 3.05) is 0 Å². The van der Waals surface area contributed by atoms with Gasteiger partial charge in [0.2, 0.25) is 0 Å². The molecule has 0 atom stereocenters. The first-order valence-corrected chi connectivity index (χ1v) is 8.35. The van der Waals surface area contributed by atoms with Gasteiger partial charge in [-0.25, -0.2) is 0 Å². The number of hydrogen-bond donors (Lipinski definition) is 0. The Hall–Kier alpha value is -0.0716. The van der Waals surface area contributed by atoms with Crippen LogP contribution in [0.15, 0.2) is 6.07 Å². The van der Waals surface area contributed by atoms with E-state index in [0.29, 0.717) is 5.15 Å². The second kappa shape index (κ2) is 3.55. The van der Waals surface area contributed by atoms with Crippen LogP contribution in [-0.4, -0.2) is 24.6 Å². The van der Waals surface area contributed by atoms with Crippen LogP contribution in [0.2, 0.25) is 16.6 Å². The molecular weight excluding hydrogens is 222 g/mol. The molecule has 0 unspecified atom stereocenters. The van der Waals surface area contributed by atoms with E-state index in [1.807, 2.05) is 13.0 Å². The normalized spacial score (nSPS) is 10.6. The number of rotatable bonds is 1. The van der Waals surface area contributed by atoms with Gasteiger partial charge in [-0.3, -0.25) is 0 Å². The zero-order valence-corrected chi connectivity index (χ0v) is 9.43. The van der Waals surface area contributed by atoms with Crippen LogP contribution < -0.4 is 4.48 Å². The molecule has 0 aromatic carbocycles. The van der Waals surface area contributed by atoms with Crippen LogP contribution in [0.3, 0.4) is 0 Å². The summed E-state index contributed by atoms with van der Waals surface area (Å²) in [5, 5.41) is 0.565. The summed E-state index contributed by atoms with van der Waals surface area (Å²) in [6.07, 6.45) is 0. The van der Waals surface area contributed by atoms with Gasteiger partial charge in [0.1, 0.15) is 0 Å². The van der Waals surface area contributed by atoms with Crippen molar-refractivity contribution in [2.45, 2.75) is 18.3 Å². The molecule has 2 nitrogen and oxygen atoms in total. The van der Waals surface area contributed by atoms with Gasteiger partial charge in [0, 0.05) is 0 Å². The van der Waals surface area contributed by atoms with Crippen LogP contribution in [0.25, 0.3) is 0 Å². The molecule has 1 rings (SSSR count). The van der Waals surface area contributed by atoms with E-state index in [4.69, 9.17) is 11.6 Å². The van der Waals surface area contributed by atoms with Crippen molar-refractivity contribution in [1.29, 1.82) is 0 Å². The second-order valence-corrected chi connectivity index (χ2v) is 7.59. The summed E-state index contributed by atoms with van der Waals surface area (Å²) in [4.78, 5) is 8.30. The molecule has 1 aromatic rings. The molecule has 1 aromatic heterocycles. The van der Waals surface area contributed by atoms with Gasteiger partial charge >= 0.3 is 76.1 Å². The fourth-order valence-electron chi connectivity index (χ4n) is 0.746. The molecule has 0 saturated heterocycles. The molecule has 60 valence electrons. The molecule has 0 amide bonds. The molecular formula is C7H10AsClN2. The van der Waals surface area contributed by atoms with Gasteiger partial charge in [-0.05, 0) is 0 Å². The maximum atomic E-state index is 5.77. The summed E-state index contributed by atoms with van der Waals surface area (Å²) in [6, 6.07) is 1.87. The van der Waals surface area contributed by atoms with Gasteiger partial charge in [0.15, 0.2) is 0 Å². The van der Waals surface area contributed by atoms with E-state index >= 15 is 0 Å². The average molecular weight is 233 g/mol. The van der Waals surface area contributed by atoms with Gasteiger partial charge in [0.25, 0.3) is 0 Å². The summed E-state index contributed by atoms with van der Waals surface area (Å²) in [5.41, 5.74) is 4.45. The van der Waals surface area contributed by atoms with Crippen LogP contribution in [-0.2, 0) is 0 Å². The molecule has 0 aliphatic rings. The molecule has 0 spiro atoms. The monoisotopic (exact) mass is 232 g/mol. The quantitative estimate of drug-likeness (QED) is 0.540. The third-order valence-electron chi connectivity index (χ3n) is 1.25. The number of aromatic nitrogens is 2. The van der Waals surface area contributed by atoms with Crippen molar-refractivity contribution in [2.24, 2.45) is 0 Å². The Labute approximate surface area is 76.3 Å². The van der Waals surface area contributed by atoms with E-state index < -0.39 is 14.7 Å². The van der Waals surface area contributed by atoms with Gasteiger partial charge in [-0.1, -0.05) is 0 Å². The summed E-state index contributed by atoms with van der Waals surface area (Å²) in [7, 11) is 0. The minimum absolute atomic E-state index is 0.565. The van der Waals surface area contributed by atoms with E-state index in [9.17, 15) is 0 Å². The number of aryl methyl sites for hydroxylation is 1. The number of halogens is 1. The first kappa shape index (κ1) is 9.02. The molecule has 0 fully saturated rings. The van der Waals surface area contributed by atoms with Crippen LogP contribution in [0.1, 0.15) is 5.82 Å². The molecule has 0 saturated carbocycles. The fraction of sp³-hybridized carbons (Fsp3) is 0.429. The third kappa shape index (κ3) is 2.46. The van der Waals surface area contributed by atoms with Crippen LogP contribution in [0, 0.1) is 6.92 Å². The van der Waals surface area contributed by atoms with Crippen molar-refractivity contribution < 1.29 is 0 Å². The minimum atomic E-state index is -0.882. The van der Waals surface area contributed by atoms with E-state index in [-0.39, 0.29) is 0 Å². The van der Waals surface area contributed by atoms with E-state index in [0.717, 1.165) is 10.3 Å². The predicted molar refractivity (Wildman–Crippen MR) is 48.9 cm³/mol. The Balaban J connectivity index is 3.08. The Morgan fingerprint density at radius 2 is 2.00 bits per heavy atom. The third-order valence-corrected chi connectivity index (χ3v) is 3.85. The van der Waals surface area contributed by atoms with Crippen molar-refractivity contribution in [3.8, 4) is 0 Å². The first-order chi connectivity index (χ1) is 5.09. The Morgan fingerprint density at radius 3 is 2.45 bits per heavy atom. The zero-order chi connectivity index (χ0) is 8.43. The topological polar surface area (TPSA) is 25.8 Å². The van der Waals surface area contributed by atoms with Gasteiger partial charge in [0.05, 0.1) is 0 Å². The van der Waals surface area contributed by atoms with Crippen LogP contribution in [0.5, 0.6) is 0 Å². The van der Waals surface area contributed by atoms with Crippen molar-refractivity contribution >= 4 is 30.7 Å². The molecule has 0 aliphatic carbocycles.